The van der Waals surface area contributed by atoms with Crippen LogP contribution in [0.4, 0.5) is 0 Å². The third-order valence-corrected chi connectivity index (χ3v) is 2.88. The highest BCUT2D eigenvalue weighted by molar-refractivity contribution is 5.95. The van der Waals surface area contributed by atoms with E-state index >= 15 is 0 Å². The lowest BCUT2D eigenvalue weighted by atomic mass is 10.1. The number of carbonyl (C=O) groups is 2. The summed E-state index contributed by atoms with van der Waals surface area (Å²) in [7, 11) is 0. The monoisotopic (exact) mass is 254 g/mol. The Kier molecular flexibility index (Phi) is 3.61. The van der Waals surface area contributed by atoms with Crippen molar-refractivity contribution in [1.82, 2.24) is 10.1 Å². The van der Waals surface area contributed by atoms with E-state index < -0.39 is 12.0 Å². The van der Waals surface area contributed by atoms with Crippen LogP contribution < -0.4 is 0 Å². The van der Waals surface area contributed by atoms with Gasteiger partial charge in [0.05, 0.1) is 31.9 Å². The maximum absolute atomic E-state index is 12.3. The summed E-state index contributed by atoms with van der Waals surface area (Å²) >= 11 is 0. The first kappa shape index (κ1) is 12.6. The predicted molar refractivity (Wildman–Crippen MR) is 59.1 cm³/mol. The molecule has 0 bridgehead atoms. The van der Waals surface area contributed by atoms with Crippen LogP contribution in [-0.4, -0.2) is 52.8 Å². The molecule has 0 aromatic carbocycles. The van der Waals surface area contributed by atoms with E-state index in [1.165, 1.54) is 11.1 Å². The van der Waals surface area contributed by atoms with Crippen LogP contribution in [0.25, 0.3) is 0 Å². The molecule has 0 saturated carbocycles. The van der Waals surface area contributed by atoms with E-state index in [9.17, 15) is 9.59 Å². The number of morpholine rings is 1. The number of rotatable bonds is 3. The molecule has 1 amide bonds. The van der Waals surface area contributed by atoms with E-state index in [1.807, 2.05) is 0 Å². The second-order valence-corrected chi connectivity index (χ2v) is 4.12. The summed E-state index contributed by atoms with van der Waals surface area (Å²) in [4.78, 5) is 24.5. The second kappa shape index (κ2) is 5.18. The SMILES string of the molecule is Cc1oncc1C(=O)N1CCOCC1CC(=O)O. The Morgan fingerprint density at radius 1 is 1.61 bits per heavy atom. The number of amides is 1. The zero-order valence-electron chi connectivity index (χ0n) is 9.96. The van der Waals surface area contributed by atoms with Crippen molar-refractivity contribution in [2.75, 3.05) is 19.8 Å². The number of hydrogen-bond acceptors (Lipinski definition) is 5. The molecule has 7 heteroatoms. The summed E-state index contributed by atoms with van der Waals surface area (Å²) in [6, 6.07) is -0.446. The Hall–Kier alpha value is -1.89. The molecule has 1 N–H and O–H groups in total. The van der Waals surface area contributed by atoms with Crippen molar-refractivity contribution >= 4 is 11.9 Å². The Bertz CT molecular complexity index is 456. The first-order valence-corrected chi connectivity index (χ1v) is 5.61. The van der Waals surface area contributed by atoms with Gasteiger partial charge in [-0.2, -0.15) is 0 Å². The number of ether oxygens (including phenoxy) is 1. The van der Waals surface area contributed by atoms with Crippen LogP contribution in [0, 0.1) is 6.92 Å². The number of aryl methyl sites for hydroxylation is 1. The van der Waals surface area contributed by atoms with Crippen LogP contribution in [0.2, 0.25) is 0 Å². The molecular formula is C11H14N2O5. The normalized spacial score (nSPS) is 19.8. The first-order chi connectivity index (χ1) is 8.59. The minimum atomic E-state index is -0.953. The van der Waals surface area contributed by atoms with Crippen molar-refractivity contribution in [3.8, 4) is 0 Å². The van der Waals surface area contributed by atoms with Crippen LogP contribution in [0.5, 0.6) is 0 Å². The van der Waals surface area contributed by atoms with Crippen LogP contribution in [0.1, 0.15) is 22.5 Å². The molecule has 1 aromatic rings. The molecule has 98 valence electrons. The van der Waals surface area contributed by atoms with E-state index in [0.29, 0.717) is 24.5 Å². The maximum Gasteiger partial charge on any atom is 0.305 e. The average molecular weight is 254 g/mol. The summed E-state index contributed by atoms with van der Waals surface area (Å²) < 4.78 is 10.1. The maximum atomic E-state index is 12.3. The third kappa shape index (κ3) is 2.51. The van der Waals surface area contributed by atoms with E-state index in [0.717, 1.165) is 0 Å². The molecule has 1 unspecified atom stereocenters. The van der Waals surface area contributed by atoms with Crippen molar-refractivity contribution in [2.24, 2.45) is 0 Å². The van der Waals surface area contributed by atoms with Crippen molar-refractivity contribution in [2.45, 2.75) is 19.4 Å². The Labute approximate surface area is 103 Å². The van der Waals surface area contributed by atoms with Gasteiger partial charge in [-0.15, -0.1) is 0 Å². The van der Waals surface area contributed by atoms with Gasteiger partial charge < -0.3 is 19.3 Å². The minimum absolute atomic E-state index is 0.129. The number of aliphatic carboxylic acids is 1. The summed E-state index contributed by atoms with van der Waals surface area (Å²) in [5.41, 5.74) is 0.368. The molecule has 0 radical (unpaired) electrons. The lowest BCUT2D eigenvalue weighted by Crippen LogP contribution is -2.49. The van der Waals surface area contributed by atoms with Gasteiger partial charge >= 0.3 is 5.97 Å². The van der Waals surface area contributed by atoms with Crippen molar-refractivity contribution in [3.05, 3.63) is 17.5 Å². The molecular weight excluding hydrogens is 240 g/mol. The quantitative estimate of drug-likeness (QED) is 0.833. The lowest BCUT2D eigenvalue weighted by Gasteiger charge is -2.34. The van der Waals surface area contributed by atoms with Gasteiger partial charge in [0.25, 0.3) is 5.91 Å². The molecule has 1 aliphatic rings. The molecule has 0 spiro atoms. The predicted octanol–water partition coefficient (Wildman–Crippen LogP) is 0.299. The Balaban J connectivity index is 2.16. The molecule has 18 heavy (non-hydrogen) atoms. The van der Waals surface area contributed by atoms with E-state index in [-0.39, 0.29) is 18.9 Å². The summed E-state index contributed by atoms with van der Waals surface area (Å²) in [5.74, 6) is -0.783. The standard InChI is InChI=1S/C11H14N2O5/c1-7-9(5-12-18-7)11(16)13-2-3-17-6-8(13)4-10(14)15/h5,8H,2-4,6H2,1H3,(H,14,15). The van der Waals surface area contributed by atoms with E-state index in [2.05, 4.69) is 5.16 Å². The smallest absolute Gasteiger partial charge is 0.305 e. The lowest BCUT2D eigenvalue weighted by molar-refractivity contribution is -0.139. The Morgan fingerprint density at radius 2 is 2.39 bits per heavy atom. The molecule has 7 nitrogen and oxygen atoms in total. The number of aromatic nitrogens is 1. The summed E-state index contributed by atoms with van der Waals surface area (Å²) in [6.45, 7) is 2.67. The fourth-order valence-corrected chi connectivity index (χ4v) is 1.95. The topological polar surface area (TPSA) is 92.9 Å². The van der Waals surface area contributed by atoms with Crippen LogP contribution in [0.15, 0.2) is 10.7 Å². The molecule has 2 rings (SSSR count). The van der Waals surface area contributed by atoms with Gasteiger partial charge in [-0.05, 0) is 6.92 Å². The zero-order valence-corrected chi connectivity index (χ0v) is 9.96. The summed E-state index contributed by atoms with van der Waals surface area (Å²) in [5, 5.41) is 12.4. The Morgan fingerprint density at radius 3 is 3.00 bits per heavy atom. The summed E-state index contributed by atoms with van der Waals surface area (Å²) in [6.07, 6.45) is 1.22. The van der Waals surface area contributed by atoms with Gasteiger partial charge in [-0.1, -0.05) is 5.16 Å². The zero-order chi connectivity index (χ0) is 13.1. The molecule has 1 atom stereocenters. The third-order valence-electron chi connectivity index (χ3n) is 2.88. The molecule has 1 aliphatic heterocycles. The van der Waals surface area contributed by atoms with Crippen LogP contribution in [-0.2, 0) is 9.53 Å². The molecule has 1 saturated heterocycles. The van der Waals surface area contributed by atoms with E-state index in [1.54, 1.807) is 6.92 Å². The molecule has 1 fully saturated rings. The fraction of sp³-hybridized carbons (Fsp3) is 0.545. The number of hydrogen-bond donors (Lipinski definition) is 1. The molecule has 2 heterocycles. The number of carboxylic acids is 1. The number of carbonyl (C=O) groups excluding carboxylic acids is 1. The van der Waals surface area contributed by atoms with Gasteiger partial charge in [-0.3, -0.25) is 9.59 Å². The second-order valence-electron chi connectivity index (χ2n) is 4.12. The first-order valence-electron chi connectivity index (χ1n) is 5.61. The fourth-order valence-electron chi connectivity index (χ4n) is 1.95. The van der Waals surface area contributed by atoms with Crippen molar-refractivity contribution in [1.29, 1.82) is 0 Å². The van der Waals surface area contributed by atoms with Gasteiger partial charge in [-0.25, -0.2) is 0 Å². The molecule has 1 aromatic heterocycles. The minimum Gasteiger partial charge on any atom is -0.481 e. The van der Waals surface area contributed by atoms with Crippen LogP contribution in [0.3, 0.4) is 0 Å². The van der Waals surface area contributed by atoms with Crippen molar-refractivity contribution in [3.63, 3.8) is 0 Å². The highest BCUT2D eigenvalue weighted by Crippen LogP contribution is 2.17. The number of nitrogens with zero attached hydrogens (tertiary/aromatic N) is 2. The highest BCUT2D eigenvalue weighted by atomic mass is 16.5. The van der Waals surface area contributed by atoms with Crippen LogP contribution >= 0.6 is 0 Å². The van der Waals surface area contributed by atoms with Gasteiger partial charge in [0, 0.05) is 6.54 Å². The van der Waals surface area contributed by atoms with E-state index in [4.69, 9.17) is 14.4 Å². The molecule has 0 aliphatic carbocycles. The highest BCUT2D eigenvalue weighted by Gasteiger charge is 2.31. The van der Waals surface area contributed by atoms with Gasteiger partial charge in [0.1, 0.15) is 11.3 Å². The number of carboxylic acid groups (broad SMARTS) is 1. The average Bonchev–Trinajstić information content (AvgIpc) is 2.74. The van der Waals surface area contributed by atoms with Gasteiger partial charge in [0.2, 0.25) is 0 Å². The van der Waals surface area contributed by atoms with Crippen molar-refractivity contribution < 1.29 is 24.0 Å². The van der Waals surface area contributed by atoms with Gasteiger partial charge in [0.15, 0.2) is 0 Å². The largest absolute Gasteiger partial charge is 0.481 e.